The van der Waals surface area contributed by atoms with Crippen LogP contribution < -0.4 is 11.1 Å². The molecule has 4 nitrogen and oxygen atoms in total. The zero-order chi connectivity index (χ0) is 13.2. The van der Waals surface area contributed by atoms with Gasteiger partial charge in [0.15, 0.2) is 9.84 Å². The lowest BCUT2D eigenvalue weighted by atomic mass is 9.92. The SMILES string of the molecule is NCC1(Nc2ccccc2Br)CCS(=O)(=O)CC1. The molecule has 0 spiro atoms. The fraction of sp³-hybridized carbons (Fsp3) is 0.500. The summed E-state index contributed by atoms with van der Waals surface area (Å²) in [5.74, 6) is 0.420. The lowest BCUT2D eigenvalue weighted by Crippen LogP contribution is -2.51. The predicted molar refractivity (Wildman–Crippen MR) is 77.4 cm³/mol. The molecule has 1 fully saturated rings. The second kappa shape index (κ2) is 5.19. The average Bonchev–Trinajstić information content (AvgIpc) is 2.35. The second-order valence-electron chi connectivity index (χ2n) is 4.74. The summed E-state index contributed by atoms with van der Waals surface area (Å²) in [7, 11) is -2.87. The maximum absolute atomic E-state index is 11.5. The van der Waals surface area contributed by atoms with E-state index in [4.69, 9.17) is 5.73 Å². The smallest absolute Gasteiger partial charge is 0.150 e. The van der Waals surface area contributed by atoms with Crippen molar-refractivity contribution in [1.29, 1.82) is 0 Å². The maximum Gasteiger partial charge on any atom is 0.150 e. The number of sulfone groups is 1. The van der Waals surface area contributed by atoms with Crippen LogP contribution in [0.1, 0.15) is 12.8 Å². The summed E-state index contributed by atoms with van der Waals surface area (Å²) in [6.07, 6.45) is 1.13. The van der Waals surface area contributed by atoms with Gasteiger partial charge in [-0.1, -0.05) is 12.1 Å². The molecule has 0 atom stereocenters. The van der Waals surface area contributed by atoms with E-state index < -0.39 is 9.84 Å². The van der Waals surface area contributed by atoms with Gasteiger partial charge in [0.1, 0.15) is 0 Å². The Kier molecular flexibility index (Phi) is 3.99. The molecule has 0 saturated carbocycles. The molecule has 0 amide bonds. The number of nitrogens with two attached hydrogens (primary N) is 1. The van der Waals surface area contributed by atoms with Crippen LogP contribution in [-0.2, 0) is 9.84 Å². The molecule has 1 aliphatic rings. The first-order valence-electron chi connectivity index (χ1n) is 5.90. The van der Waals surface area contributed by atoms with Crippen molar-refractivity contribution in [2.24, 2.45) is 5.73 Å². The minimum atomic E-state index is -2.87. The van der Waals surface area contributed by atoms with E-state index in [2.05, 4.69) is 21.2 Å². The van der Waals surface area contributed by atoms with Gasteiger partial charge in [0, 0.05) is 16.7 Å². The van der Waals surface area contributed by atoms with Crippen LogP contribution >= 0.6 is 15.9 Å². The van der Waals surface area contributed by atoms with Crippen LogP contribution in [0.2, 0.25) is 0 Å². The normalized spacial score (nSPS) is 21.4. The van der Waals surface area contributed by atoms with Crippen LogP contribution in [0.5, 0.6) is 0 Å². The Balaban J connectivity index is 2.18. The first-order chi connectivity index (χ1) is 8.46. The molecule has 1 aromatic carbocycles. The van der Waals surface area contributed by atoms with Crippen LogP contribution in [0, 0.1) is 0 Å². The third-order valence-corrected chi connectivity index (χ3v) is 5.79. The van der Waals surface area contributed by atoms with E-state index >= 15 is 0 Å². The molecule has 0 radical (unpaired) electrons. The van der Waals surface area contributed by atoms with Crippen molar-refractivity contribution in [3.8, 4) is 0 Å². The first-order valence-corrected chi connectivity index (χ1v) is 8.51. The summed E-state index contributed by atoms with van der Waals surface area (Å²) in [6, 6.07) is 7.79. The van der Waals surface area contributed by atoms with Crippen molar-refractivity contribution in [2.75, 3.05) is 23.4 Å². The van der Waals surface area contributed by atoms with Gasteiger partial charge in [0.2, 0.25) is 0 Å². The number of rotatable bonds is 3. The van der Waals surface area contributed by atoms with Gasteiger partial charge in [-0.05, 0) is 40.9 Å². The van der Waals surface area contributed by atoms with Crippen LogP contribution in [0.25, 0.3) is 0 Å². The molecule has 0 unspecified atom stereocenters. The van der Waals surface area contributed by atoms with Gasteiger partial charge < -0.3 is 11.1 Å². The van der Waals surface area contributed by atoms with Crippen molar-refractivity contribution in [2.45, 2.75) is 18.4 Å². The molecular formula is C12H17BrN2O2S. The van der Waals surface area contributed by atoms with Crippen LogP contribution in [0.3, 0.4) is 0 Å². The predicted octanol–water partition coefficient (Wildman–Crippen LogP) is 1.77. The highest BCUT2D eigenvalue weighted by molar-refractivity contribution is 9.10. The zero-order valence-corrected chi connectivity index (χ0v) is 12.4. The van der Waals surface area contributed by atoms with E-state index in [9.17, 15) is 8.42 Å². The third kappa shape index (κ3) is 3.05. The van der Waals surface area contributed by atoms with Crippen molar-refractivity contribution < 1.29 is 8.42 Å². The van der Waals surface area contributed by atoms with Crippen LogP contribution in [0.4, 0.5) is 5.69 Å². The molecule has 18 heavy (non-hydrogen) atoms. The molecule has 1 aliphatic heterocycles. The molecule has 2 rings (SSSR count). The van der Waals surface area contributed by atoms with E-state index in [0.717, 1.165) is 10.2 Å². The quantitative estimate of drug-likeness (QED) is 0.884. The summed E-state index contributed by atoms with van der Waals surface area (Å²) in [6.45, 7) is 0.434. The summed E-state index contributed by atoms with van der Waals surface area (Å²) in [5.41, 5.74) is 6.50. The maximum atomic E-state index is 11.5. The minimum Gasteiger partial charge on any atom is -0.377 e. The fourth-order valence-corrected chi connectivity index (χ4v) is 4.15. The lowest BCUT2D eigenvalue weighted by molar-refractivity contribution is 0.426. The molecule has 6 heteroatoms. The molecule has 3 N–H and O–H groups in total. The Labute approximate surface area is 116 Å². The average molecular weight is 333 g/mol. The number of anilines is 1. The van der Waals surface area contributed by atoms with E-state index in [1.807, 2.05) is 24.3 Å². The number of hydrogen-bond donors (Lipinski definition) is 2. The number of para-hydroxylation sites is 1. The van der Waals surface area contributed by atoms with Crippen LogP contribution in [0.15, 0.2) is 28.7 Å². The van der Waals surface area contributed by atoms with E-state index in [1.54, 1.807) is 0 Å². The Morgan fingerprint density at radius 3 is 2.44 bits per heavy atom. The molecule has 1 aromatic rings. The standard InChI is InChI=1S/C12H17BrN2O2S/c13-10-3-1-2-4-11(10)15-12(9-14)5-7-18(16,17)8-6-12/h1-4,15H,5-9,14H2. The fourth-order valence-electron chi connectivity index (χ4n) is 2.16. The van der Waals surface area contributed by atoms with Gasteiger partial charge in [-0.2, -0.15) is 0 Å². The third-order valence-electron chi connectivity index (χ3n) is 3.45. The molecule has 0 bridgehead atoms. The summed E-state index contributed by atoms with van der Waals surface area (Å²) < 4.78 is 24.0. The molecule has 100 valence electrons. The van der Waals surface area contributed by atoms with E-state index in [1.165, 1.54) is 0 Å². The number of halogens is 1. The summed E-state index contributed by atoms with van der Waals surface area (Å²) >= 11 is 3.48. The largest absolute Gasteiger partial charge is 0.377 e. The van der Waals surface area contributed by atoms with Gasteiger partial charge >= 0.3 is 0 Å². The Morgan fingerprint density at radius 1 is 1.28 bits per heavy atom. The topological polar surface area (TPSA) is 72.2 Å². The molecular weight excluding hydrogens is 316 g/mol. The molecule has 0 aromatic heterocycles. The van der Waals surface area contributed by atoms with Gasteiger partial charge in [0.25, 0.3) is 0 Å². The monoisotopic (exact) mass is 332 g/mol. The lowest BCUT2D eigenvalue weighted by Gasteiger charge is -2.38. The minimum absolute atomic E-state index is 0.210. The Morgan fingerprint density at radius 2 is 1.89 bits per heavy atom. The second-order valence-corrected chi connectivity index (χ2v) is 7.90. The highest BCUT2D eigenvalue weighted by atomic mass is 79.9. The van der Waals surface area contributed by atoms with Crippen molar-refractivity contribution >= 4 is 31.5 Å². The number of hydrogen-bond acceptors (Lipinski definition) is 4. The highest BCUT2D eigenvalue weighted by Gasteiger charge is 2.36. The van der Waals surface area contributed by atoms with Crippen LogP contribution in [-0.4, -0.2) is 32.0 Å². The summed E-state index contributed by atoms with van der Waals surface area (Å²) in [4.78, 5) is 0. The Hall–Kier alpha value is -0.590. The molecule has 0 aliphatic carbocycles. The number of benzene rings is 1. The van der Waals surface area contributed by atoms with Gasteiger partial charge in [-0.25, -0.2) is 8.42 Å². The molecule has 1 heterocycles. The van der Waals surface area contributed by atoms with Crippen molar-refractivity contribution in [3.05, 3.63) is 28.7 Å². The van der Waals surface area contributed by atoms with Gasteiger partial charge in [0.05, 0.1) is 17.0 Å². The van der Waals surface area contributed by atoms with Gasteiger partial charge in [-0.15, -0.1) is 0 Å². The molecule has 1 saturated heterocycles. The summed E-state index contributed by atoms with van der Waals surface area (Å²) in [5, 5.41) is 3.41. The van der Waals surface area contributed by atoms with E-state index in [-0.39, 0.29) is 17.0 Å². The zero-order valence-electron chi connectivity index (χ0n) is 10.0. The number of nitrogens with one attached hydrogen (secondary N) is 1. The van der Waals surface area contributed by atoms with Crippen molar-refractivity contribution in [1.82, 2.24) is 0 Å². The van der Waals surface area contributed by atoms with E-state index in [0.29, 0.717) is 19.4 Å². The van der Waals surface area contributed by atoms with Crippen molar-refractivity contribution in [3.63, 3.8) is 0 Å². The Bertz CT molecular complexity index is 517. The first kappa shape index (κ1) is 13.8. The highest BCUT2D eigenvalue weighted by Crippen LogP contribution is 2.30. The van der Waals surface area contributed by atoms with Gasteiger partial charge in [-0.3, -0.25) is 0 Å².